The second-order valence-corrected chi connectivity index (χ2v) is 6.71. The van der Waals surface area contributed by atoms with Crippen molar-refractivity contribution >= 4 is 11.8 Å². The smallest absolute Gasteiger partial charge is 0.284 e. The Kier molecular flexibility index (Phi) is 6.08. The molecule has 1 aromatic rings. The molecule has 3 nitrogen and oxygen atoms in total. The quantitative estimate of drug-likeness (QED) is 0.831. The van der Waals surface area contributed by atoms with Crippen LogP contribution in [0.15, 0.2) is 16.5 Å². The molecule has 1 aromatic heterocycles. The van der Waals surface area contributed by atoms with E-state index in [0.29, 0.717) is 24.1 Å². The van der Waals surface area contributed by atoms with Crippen LogP contribution in [0.4, 0.5) is 8.78 Å². The molecule has 6 heteroatoms. The van der Waals surface area contributed by atoms with E-state index in [-0.39, 0.29) is 17.8 Å². The first kappa shape index (κ1) is 16.8. The largest absolute Gasteiger partial charge is 0.464 e. The van der Waals surface area contributed by atoms with Crippen molar-refractivity contribution in [1.29, 1.82) is 0 Å². The van der Waals surface area contributed by atoms with Crippen molar-refractivity contribution in [2.24, 2.45) is 5.41 Å². The number of likely N-dealkylation sites (tertiary alicyclic amines) is 1. The fourth-order valence-electron chi connectivity index (χ4n) is 2.76. The molecule has 0 aromatic carbocycles. The van der Waals surface area contributed by atoms with E-state index >= 15 is 0 Å². The first-order valence-corrected chi connectivity index (χ1v) is 8.42. The minimum absolute atomic E-state index is 0.0821. The van der Waals surface area contributed by atoms with E-state index in [0.717, 1.165) is 38.1 Å². The molecule has 2 rings (SSSR count). The van der Waals surface area contributed by atoms with Gasteiger partial charge >= 0.3 is 0 Å². The van der Waals surface area contributed by atoms with E-state index in [4.69, 9.17) is 4.42 Å². The lowest BCUT2D eigenvalue weighted by Crippen LogP contribution is -2.41. The lowest BCUT2D eigenvalue weighted by atomic mass is 9.77. The molecule has 2 heterocycles. The van der Waals surface area contributed by atoms with Gasteiger partial charge in [-0.1, -0.05) is 18.7 Å². The Morgan fingerprint density at radius 3 is 2.57 bits per heavy atom. The Morgan fingerprint density at radius 2 is 2.00 bits per heavy atom. The molecule has 120 valence electrons. The van der Waals surface area contributed by atoms with Gasteiger partial charge in [-0.25, -0.2) is 0 Å². The average molecular weight is 319 g/mol. The number of rotatable bonds is 7. The minimum Gasteiger partial charge on any atom is -0.464 e. The summed E-state index contributed by atoms with van der Waals surface area (Å²) in [7, 11) is 0. The highest BCUT2D eigenvalue weighted by molar-refractivity contribution is 7.98. The molecule has 1 N–H and O–H groups in total. The zero-order valence-corrected chi connectivity index (χ0v) is 13.2. The third-order valence-corrected chi connectivity index (χ3v) is 5.15. The first-order valence-electron chi connectivity index (χ1n) is 7.37. The lowest BCUT2D eigenvalue weighted by molar-refractivity contribution is 0.0359. The van der Waals surface area contributed by atoms with E-state index in [1.807, 2.05) is 6.07 Å². The van der Waals surface area contributed by atoms with Gasteiger partial charge in [-0.05, 0) is 49.9 Å². The molecule has 1 saturated heterocycles. The number of piperidine rings is 1. The SMILES string of the molecule is CCC1(CO)CCN(Cc2ccc(CSC(F)F)o2)CC1. The minimum atomic E-state index is -2.36. The normalized spacial score (nSPS) is 19.3. The molecule has 0 unspecified atom stereocenters. The molecular formula is C15H23F2NO2S. The number of furan rings is 1. The van der Waals surface area contributed by atoms with Crippen molar-refractivity contribution in [1.82, 2.24) is 4.90 Å². The van der Waals surface area contributed by atoms with Crippen molar-refractivity contribution in [3.05, 3.63) is 23.7 Å². The number of alkyl halides is 2. The van der Waals surface area contributed by atoms with Crippen LogP contribution < -0.4 is 0 Å². The fraction of sp³-hybridized carbons (Fsp3) is 0.733. The number of aliphatic hydroxyl groups is 1. The van der Waals surface area contributed by atoms with Crippen molar-refractivity contribution < 1.29 is 18.3 Å². The molecule has 0 saturated carbocycles. The molecule has 1 aliphatic rings. The number of aliphatic hydroxyl groups excluding tert-OH is 1. The number of halogens is 2. The van der Waals surface area contributed by atoms with Gasteiger partial charge in [-0.15, -0.1) is 0 Å². The van der Waals surface area contributed by atoms with Crippen molar-refractivity contribution in [2.75, 3.05) is 19.7 Å². The summed E-state index contributed by atoms with van der Waals surface area (Å²) in [5.41, 5.74) is 0.0821. The highest BCUT2D eigenvalue weighted by Crippen LogP contribution is 2.34. The van der Waals surface area contributed by atoms with Gasteiger partial charge in [0.15, 0.2) is 0 Å². The second kappa shape index (κ2) is 7.61. The second-order valence-electron chi connectivity index (χ2n) is 5.73. The van der Waals surface area contributed by atoms with Gasteiger partial charge in [0.1, 0.15) is 11.5 Å². The molecule has 1 fully saturated rings. The summed E-state index contributed by atoms with van der Waals surface area (Å²) in [4.78, 5) is 2.30. The Labute approximate surface area is 128 Å². The summed E-state index contributed by atoms with van der Waals surface area (Å²) < 4.78 is 29.9. The van der Waals surface area contributed by atoms with Crippen LogP contribution in [-0.4, -0.2) is 35.5 Å². The summed E-state index contributed by atoms with van der Waals surface area (Å²) in [6.07, 6.45) is 3.00. The van der Waals surface area contributed by atoms with E-state index in [2.05, 4.69) is 11.8 Å². The highest BCUT2D eigenvalue weighted by atomic mass is 32.2. The third-order valence-electron chi connectivity index (χ3n) is 4.45. The van der Waals surface area contributed by atoms with E-state index < -0.39 is 5.76 Å². The number of thioether (sulfide) groups is 1. The summed E-state index contributed by atoms with van der Waals surface area (Å²) in [6.45, 7) is 4.98. The molecule has 1 aliphatic heterocycles. The maximum atomic E-state index is 12.1. The van der Waals surface area contributed by atoms with Crippen molar-refractivity contribution in [3.63, 3.8) is 0 Å². The summed E-state index contributed by atoms with van der Waals surface area (Å²) in [5.74, 6) is -0.721. The summed E-state index contributed by atoms with van der Waals surface area (Å²) in [5, 5.41) is 9.52. The van der Waals surface area contributed by atoms with Gasteiger partial charge in [0.2, 0.25) is 0 Å². The third kappa shape index (κ3) is 4.69. The van der Waals surface area contributed by atoms with Gasteiger partial charge in [-0.3, -0.25) is 4.90 Å². The van der Waals surface area contributed by atoms with E-state index in [1.54, 1.807) is 6.07 Å². The predicted molar refractivity (Wildman–Crippen MR) is 80.3 cm³/mol. The van der Waals surface area contributed by atoms with Gasteiger partial charge in [-0.2, -0.15) is 8.78 Å². The number of hydrogen-bond donors (Lipinski definition) is 1. The molecule has 0 bridgehead atoms. The lowest BCUT2D eigenvalue weighted by Gasteiger charge is -2.39. The average Bonchev–Trinajstić information content (AvgIpc) is 2.94. The number of hydrogen-bond acceptors (Lipinski definition) is 4. The Bertz CT molecular complexity index is 425. The van der Waals surface area contributed by atoms with Gasteiger partial charge in [0.25, 0.3) is 5.76 Å². The van der Waals surface area contributed by atoms with Crippen LogP contribution in [0.1, 0.15) is 37.7 Å². The zero-order valence-electron chi connectivity index (χ0n) is 12.4. The van der Waals surface area contributed by atoms with Crippen LogP contribution >= 0.6 is 11.8 Å². The standard InChI is InChI=1S/C15H23F2NO2S/c1-2-15(11-19)5-7-18(8-6-15)9-12-3-4-13(20-12)10-21-14(16)17/h3-4,14,19H,2,5-11H2,1H3. The maximum absolute atomic E-state index is 12.1. The maximum Gasteiger partial charge on any atom is 0.284 e. The summed E-state index contributed by atoms with van der Waals surface area (Å²) in [6, 6.07) is 3.65. The van der Waals surface area contributed by atoms with Crippen LogP contribution in [0.25, 0.3) is 0 Å². The Balaban J connectivity index is 1.81. The molecule has 0 amide bonds. The van der Waals surface area contributed by atoms with Gasteiger partial charge in [0, 0.05) is 6.61 Å². The van der Waals surface area contributed by atoms with Crippen LogP contribution in [0.3, 0.4) is 0 Å². The molecular weight excluding hydrogens is 296 g/mol. The van der Waals surface area contributed by atoms with Crippen molar-refractivity contribution in [3.8, 4) is 0 Å². The Hall–Kier alpha value is -0.590. The highest BCUT2D eigenvalue weighted by Gasteiger charge is 2.32. The summed E-state index contributed by atoms with van der Waals surface area (Å²) >= 11 is 0.581. The van der Waals surface area contributed by atoms with Crippen LogP contribution in [0, 0.1) is 5.41 Å². The van der Waals surface area contributed by atoms with Crippen molar-refractivity contribution in [2.45, 2.75) is 44.2 Å². The molecule has 0 radical (unpaired) electrons. The predicted octanol–water partition coefficient (Wildman–Crippen LogP) is 3.72. The monoisotopic (exact) mass is 319 g/mol. The van der Waals surface area contributed by atoms with Crippen LogP contribution in [0.2, 0.25) is 0 Å². The topological polar surface area (TPSA) is 36.6 Å². The number of nitrogens with zero attached hydrogens (tertiary/aromatic N) is 1. The van der Waals surface area contributed by atoms with Gasteiger partial charge < -0.3 is 9.52 Å². The van der Waals surface area contributed by atoms with E-state index in [9.17, 15) is 13.9 Å². The molecule has 0 atom stereocenters. The zero-order chi connectivity index (χ0) is 15.3. The first-order chi connectivity index (χ1) is 10.1. The Morgan fingerprint density at radius 1 is 1.33 bits per heavy atom. The van der Waals surface area contributed by atoms with Gasteiger partial charge in [0.05, 0.1) is 12.3 Å². The fourth-order valence-corrected chi connectivity index (χ4v) is 3.20. The molecule has 0 spiro atoms. The molecule has 0 aliphatic carbocycles. The van der Waals surface area contributed by atoms with Crippen LogP contribution in [-0.2, 0) is 12.3 Å². The molecule has 21 heavy (non-hydrogen) atoms. The van der Waals surface area contributed by atoms with Crippen LogP contribution in [0.5, 0.6) is 0 Å². The van der Waals surface area contributed by atoms with E-state index in [1.165, 1.54) is 0 Å².